The number of anilines is 1. The number of nitrogens with one attached hydrogen (secondary N) is 2. The number of benzene rings is 2. The van der Waals surface area contributed by atoms with E-state index in [-0.39, 0.29) is 13.2 Å². The zero-order chi connectivity index (χ0) is 19.6. The fraction of sp³-hybridized carbons (Fsp3) is 0.250. The summed E-state index contributed by atoms with van der Waals surface area (Å²) in [7, 11) is 0. The second-order valence-electron chi connectivity index (χ2n) is 5.91. The van der Waals surface area contributed by atoms with Crippen LogP contribution in [0, 0.1) is 13.8 Å². The number of esters is 1. The summed E-state index contributed by atoms with van der Waals surface area (Å²) in [6.07, 6.45) is 0. The molecule has 0 unspecified atom stereocenters. The first kappa shape index (κ1) is 20.0. The van der Waals surface area contributed by atoms with Crippen molar-refractivity contribution in [2.24, 2.45) is 0 Å². The highest BCUT2D eigenvalue weighted by molar-refractivity contribution is 5.93. The van der Waals surface area contributed by atoms with Crippen LogP contribution in [0.1, 0.15) is 11.1 Å². The molecule has 0 spiro atoms. The smallest absolute Gasteiger partial charge is 0.325 e. The van der Waals surface area contributed by atoms with Gasteiger partial charge in [-0.3, -0.25) is 14.4 Å². The SMILES string of the molecule is Cc1ccc(C)c(NC(=O)COC(=O)CNC(=O)COc2ccccc2)c1. The molecule has 0 heterocycles. The Morgan fingerprint density at radius 1 is 0.926 bits per heavy atom. The molecule has 2 rings (SSSR count). The minimum Gasteiger partial charge on any atom is -0.484 e. The van der Waals surface area contributed by atoms with Crippen LogP contribution in [0.5, 0.6) is 5.75 Å². The fourth-order valence-corrected chi connectivity index (χ4v) is 2.14. The number of carbonyl (C=O) groups is 3. The summed E-state index contributed by atoms with van der Waals surface area (Å²) < 4.78 is 10.1. The summed E-state index contributed by atoms with van der Waals surface area (Å²) in [5, 5.41) is 5.06. The van der Waals surface area contributed by atoms with Crippen LogP contribution in [0.2, 0.25) is 0 Å². The summed E-state index contributed by atoms with van der Waals surface area (Å²) in [6, 6.07) is 14.5. The van der Waals surface area contributed by atoms with Crippen molar-refractivity contribution in [3.8, 4) is 5.75 Å². The molecular weight excluding hydrogens is 348 g/mol. The van der Waals surface area contributed by atoms with Crippen molar-refractivity contribution in [1.29, 1.82) is 0 Å². The van der Waals surface area contributed by atoms with Crippen LogP contribution in [-0.2, 0) is 19.1 Å². The van der Waals surface area contributed by atoms with E-state index < -0.39 is 24.4 Å². The molecule has 2 aromatic carbocycles. The Labute approximate surface area is 157 Å². The minimum absolute atomic E-state index is 0.218. The fourth-order valence-electron chi connectivity index (χ4n) is 2.14. The highest BCUT2D eigenvalue weighted by atomic mass is 16.5. The number of amides is 2. The standard InChI is InChI=1S/C20H22N2O5/c1-14-8-9-15(2)17(10-14)22-19(24)13-27-20(25)11-21-18(23)12-26-16-6-4-3-5-7-16/h3-10H,11-13H2,1-2H3,(H,21,23)(H,22,24). The lowest BCUT2D eigenvalue weighted by molar-refractivity contribution is -0.147. The van der Waals surface area contributed by atoms with Crippen LogP contribution < -0.4 is 15.4 Å². The van der Waals surface area contributed by atoms with Gasteiger partial charge in [-0.05, 0) is 43.2 Å². The Kier molecular flexibility index (Phi) is 7.37. The third kappa shape index (κ3) is 7.19. The van der Waals surface area contributed by atoms with Crippen LogP contribution in [0.15, 0.2) is 48.5 Å². The van der Waals surface area contributed by atoms with Gasteiger partial charge in [-0.1, -0.05) is 30.3 Å². The van der Waals surface area contributed by atoms with Gasteiger partial charge in [0.2, 0.25) is 0 Å². The molecule has 0 radical (unpaired) electrons. The number of hydrogen-bond donors (Lipinski definition) is 2. The van der Waals surface area contributed by atoms with E-state index in [1.54, 1.807) is 24.3 Å². The quantitative estimate of drug-likeness (QED) is 0.693. The van der Waals surface area contributed by atoms with Crippen LogP contribution in [0.25, 0.3) is 0 Å². The molecule has 0 aromatic heterocycles. The molecule has 27 heavy (non-hydrogen) atoms. The predicted molar refractivity (Wildman–Crippen MR) is 100 cm³/mol. The first-order valence-electron chi connectivity index (χ1n) is 8.41. The average Bonchev–Trinajstić information content (AvgIpc) is 2.66. The van der Waals surface area contributed by atoms with Gasteiger partial charge in [0.1, 0.15) is 12.3 Å². The van der Waals surface area contributed by atoms with Gasteiger partial charge in [0, 0.05) is 5.69 Å². The second kappa shape index (κ2) is 9.96. The molecule has 0 saturated heterocycles. The van der Waals surface area contributed by atoms with Gasteiger partial charge >= 0.3 is 5.97 Å². The number of hydrogen-bond acceptors (Lipinski definition) is 5. The molecular formula is C20H22N2O5. The van der Waals surface area contributed by atoms with E-state index in [0.29, 0.717) is 11.4 Å². The first-order chi connectivity index (χ1) is 12.9. The highest BCUT2D eigenvalue weighted by Crippen LogP contribution is 2.16. The predicted octanol–water partition coefficient (Wildman–Crippen LogP) is 1.98. The van der Waals surface area contributed by atoms with Crippen molar-refractivity contribution in [3.63, 3.8) is 0 Å². The molecule has 7 nitrogen and oxygen atoms in total. The average molecular weight is 370 g/mol. The van der Waals surface area contributed by atoms with Gasteiger partial charge in [-0.15, -0.1) is 0 Å². The first-order valence-corrected chi connectivity index (χ1v) is 8.41. The second-order valence-corrected chi connectivity index (χ2v) is 5.91. The van der Waals surface area contributed by atoms with Crippen LogP contribution in [0.4, 0.5) is 5.69 Å². The molecule has 0 saturated carbocycles. The molecule has 0 aliphatic heterocycles. The maximum absolute atomic E-state index is 11.9. The summed E-state index contributed by atoms with van der Waals surface area (Å²) in [5.74, 6) is -1.07. The Bertz CT molecular complexity index is 805. The maximum atomic E-state index is 11.9. The highest BCUT2D eigenvalue weighted by Gasteiger charge is 2.11. The molecule has 0 aliphatic rings. The summed E-state index contributed by atoms with van der Waals surface area (Å²) in [5.41, 5.74) is 2.58. The third-order valence-electron chi connectivity index (χ3n) is 3.57. The van der Waals surface area contributed by atoms with Crippen LogP contribution in [0.3, 0.4) is 0 Å². The van der Waals surface area contributed by atoms with Crippen molar-refractivity contribution in [2.45, 2.75) is 13.8 Å². The van der Waals surface area contributed by atoms with Crippen molar-refractivity contribution >= 4 is 23.5 Å². The van der Waals surface area contributed by atoms with E-state index in [1.807, 2.05) is 38.1 Å². The number of rotatable bonds is 8. The molecule has 142 valence electrons. The largest absolute Gasteiger partial charge is 0.484 e. The molecule has 0 aliphatic carbocycles. The van der Waals surface area contributed by atoms with Gasteiger partial charge < -0.3 is 20.1 Å². The Morgan fingerprint density at radius 2 is 1.67 bits per heavy atom. The van der Waals surface area contributed by atoms with Crippen LogP contribution >= 0.6 is 0 Å². The molecule has 7 heteroatoms. The monoisotopic (exact) mass is 370 g/mol. The van der Waals surface area contributed by atoms with Crippen molar-refractivity contribution < 1.29 is 23.9 Å². The maximum Gasteiger partial charge on any atom is 0.325 e. The molecule has 2 amide bonds. The lowest BCUT2D eigenvalue weighted by Gasteiger charge is -2.10. The zero-order valence-corrected chi connectivity index (χ0v) is 15.3. The van der Waals surface area contributed by atoms with E-state index in [9.17, 15) is 14.4 Å². The van der Waals surface area contributed by atoms with E-state index in [1.165, 1.54) is 0 Å². The van der Waals surface area contributed by atoms with Gasteiger partial charge in [0.15, 0.2) is 13.2 Å². The number of para-hydroxylation sites is 1. The van der Waals surface area contributed by atoms with Crippen molar-refractivity contribution in [3.05, 3.63) is 59.7 Å². The van der Waals surface area contributed by atoms with E-state index in [4.69, 9.17) is 9.47 Å². The molecule has 2 N–H and O–H groups in total. The summed E-state index contributed by atoms with van der Waals surface area (Å²) in [4.78, 5) is 35.2. The van der Waals surface area contributed by atoms with Gasteiger partial charge in [-0.2, -0.15) is 0 Å². The normalized spacial score (nSPS) is 10.0. The topological polar surface area (TPSA) is 93.7 Å². The number of ether oxygens (including phenoxy) is 2. The Morgan fingerprint density at radius 3 is 2.41 bits per heavy atom. The van der Waals surface area contributed by atoms with Gasteiger partial charge in [0.25, 0.3) is 11.8 Å². The van der Waals surface area contributed by atoms with E-state index >= 15 is 0 Å². The Balaban J connectivity index is 1.65. The molecule has 0 atom stereocenters. The summed E-state index contributed by atoms with van der Waals surface area (Å²) >= 11 is 0. The molecule has 0 fully saturated rings. The van der Waals surface area contributed by atoms with Gasteiger partial charge in [0.05, 0.1) is 0 Å². The summed E-state index contributed by atoms with van der Waals surface area (Å²) in [6.45, 7) is 2.80. The zero-order valence-electron chi connectivity index (χ0n) is 15.3. The van der Waals surface area contributed by atoms with Crippen molar-refractivity contribution in [2.75, 3.05) is 25.1 Å². The number of aryl methyl sites for hydroxylation is 2. The minimum atomic E-state index is -0.709. The Hall–Kier alpha value is -3.35. The third-order valence-corrected chi connectivity index (χ3v) is 3.57. The van der Waals surface area contributed by atoms with Gasteiger partial charge in [-0.25, -0.2) is 0 Å². The number of carbonyl (C=O) groups excluding carboxylic acids is 3. The molecule has 0 bridgehead atoms. The van der Waals surface area contributed by atoms with Crippen LogP contribution in [-0.4, -0.2) is 37.5 Å². The lowest BCUT2D eigenvalue weighted by atomic mass is 10.1. The lowest BCUT2D eigenvalue weighted by Crippen LogP contribution is -2.35. The van der Waals surface area contributed by atoms with E-state index in [2.05, 4.69) is 10.6 Å². The van der Waals surface area contributed by atoms with E-state index in [0.717, 1.165) is 11.1 Å². The van der Waals surface area contributed by atoms with Crippen molar-refractivity contribution in [1.82, 2.24) is 5.32 Å². The molecule has 2 aromatic rings.